The zero-order valence-electron chi connectivity index (χ0n) is 38.3. The maximum Gasteiger partial charge on any atom is 0.362 e. The summed E-state index contributed by atoms with van der Waals surface area (Å²) in [4.78, 5) is 37.0. The zero-order chi connectivity index (χ0) is 42.1. The van der Waals surface area contributed by atoms with E-state index in [0.29, 0.717) is 19.3 Å². The number of carbonyl (C=O) groups is 3. The van der Waals surface area contributed by atoms with Gasteiger partial charge in [-0.2, -0.15) is 0 Å². The smallest absolute Gasteiger partial charge is 0.362 e. The van der Waals surface area contributed by atoms with Crippen molar-refractivity contribution in [2.75, 3.05) is 41.0 Å². The van der Waals surface area contributed by atoms with Crippen LogP contribution in [-0.4, -0.2) is 80.6 Å². The standard InChI is InChI=1S/C49H93NO7/c1-6-8-10-12-14-16-18-19-20-21-22-23-24-25-26-27-28-30-31-33-35-37-39-47(51)56-44-45(43-55-42-41-46(49(53)54)50(3,4)5)57-48(52)40-38-36-34-32-29-17-15-13-11-9-7-2/h24-25,45-46H,6-23,26-44H2,1-5H3/p+1/b25-24+. The maximum atomic E-state index is 12.7. The number of carboxylic acids is 1. The number of unbranched alkanes of at least 4 members (excludes halogenated alkanes) is 28. The summed E-state index contributed by atoms with van der Waals surface area (Å²) in [6.07, 6.45) is 44.0. The molecule has 2 atom stereocenters. The number of likely N-dealkylation sites (N-methyl/N-ethyl adjacent to an activating group) is 1. The van der Waals surface area contributed by atoms with E-state index >= 15 is 0 Å². The van der Waals surface area contributed by atoms with Crippen molar-refractivity contribution in [2.45, 2.75) is 244 Å². The number of carbonyl (C=O) groups excluding carboxylic acids is 2. The van der Waals surface area contributed by atoms with Gasteiger partial charge in [-0.3, -0.25) is 9.59 Å². The highest BCUT2D eigenvalue weighted by molar-refractivity contribution is 5.72. The van der Waals surface area contributed by atoms with Crippen molar-refractivity contribution in [3.05, 3.63) is 12.2 Å². The maximum absolute atomic E-state index is 12.7. The van der Waals surface area contributed by atoms with Crippen LogP contribution in [0.2, 0.25) is 0 Å². The summed E-state index contributed by atoms with van der Waals surface area (Å²) in [6, 6.07) is -0.610. The minimum Gasteiger partial charge on any atom is -0.477 e. The van der Waals surface area contributed by atoms with E-state index in [-0.39, 0.29) is 36.2 Å². The van der Waals surface area contributed by atoms with Crippen LogP contribution in [0.5, 0.6) is 0 Å². The first-order valence-corrected chi connectivity index (χ1v) is 24.2. The highest BCUT2D eigenvalue weighted by Gasteiger charge is 2.31. The molecular formula is C49H94NO7+. The Labute approximate surface area is 352 Å². The van der Waals surface area contributed by atoms with Crippen molar-refractivity contribution in [1.29, 1.82) is 0 Å². The van der Waals surface area contributed by atoms with E-state index in [2.05, 4.69) is 26.0 Å². The number of esters is 2. The van der Waals surface area contributed by atoms with Gasteiger partial charge in [-0.1, -0.05) is 187 Å². The molecule has 0 aliphatic rings. The summed E-state index contributed by atoms with van der Waals surface area (Å²) in [6.45, 7) is 4.76. The lowest BCUT2D eigenvalue weighted by Crippen LogP contribution is -2.50. The molecule has 0 rings (SSSR count). The van der Waals surface area contributed by atoms with E-state index in [9.17, 15) is 19.5 Å². The SMILES string of the molecule is CCCCCCCCCCCCC/C=C/CCCCCCCCCC(=O)OCC(COCCC(C(=O)O)[N+](C)(C)C)OC(=O)CCCCCCCCCCCCC. The van der Waals surface area contributed by atoms with Crippen molar-refractivity contribution in [3.8, 4) is 0 Å². The Morgan fingerprint density at radius 1 is 0.509 bits per heavy atom. The van der Waals surface area contributed by atoms with Gasteiger partial charge in [-0.05, 0) is 38.5 Å². The topological polar surface area (TPSA) is 99.1 Å². The molecule has 0 amide bonds. The molecule has 57 heavy (non-hydrogen) atoms. The van der Waals surface area contributed by atoms with E-state index in [1.165, 1.54) is 161 Å². The first kappa shape index (κ1) is 55.1. The molecule has 0 fully saturated rings. The molecule has 336 valence electrons. The van der Waals surface area contributed by atoms with Crippen LogP contribution in [0.3, 0.4) is 0 Å². The van der Waals surface area contributed by atoms with Gasteiger partial charge in [-0.15, -0.1) is 0 Å². The highest BCUT2D eigenvalue weighted by atomic mass is 16.6. The Balaban J connectivity index is 4.17. The van der Waals surface area contributed by atoms with Gasteiger partial charge in [0.1, 0.15) is 6.61 Å². The van der Waals surface area contributed by atoms with Gasteiger partial charge in [0, 0.05) is 19.3 Å². The molecule has 0 saturated heterocycles. The summed E-state index contributed by atoms with van der Waals surface area (Å²) in [7, 11) is 5.53. The number of allylic oxidation sites excluding steroid dienone is 2. The summed E-state index contributed by atoms with van der Waals surface area (Å²) >= 11 is 0. The third-order valence-corrected chi connectivity index (χ3v) is 11.2. The molecule has 1 N–H and O–H groups in total. The fourth-order valence-electron chi connectivity index (χ4n) is 7.38. The Hall–Kier alpha value is -1.93. The van der Waals surface area contributed by atoms with E-state index < -0.39 is 18.1 Å². The predicted octanol–water partition coefficient (Wildman–Crippen LogP) is 13.5. The number of quaternary nitrogens is 1. The predicted molar refractivity (Wildman–Crippen MR) is 239 cm³/mol. The lowest BCUT2D eigenvalue weighted by Gasteiger charge is -2.31. The molecule has 0 bridgehead atoms. The Morgan fingerprint density at radius 3 is 1.26 bits per heavy atom. The summed E-state index contributed by atoms with van der Waals surface area (Å²) in [5, 5.41) is 9.62. The number of carboxylic acid groups (broad SMARTS) is 1. The minimum atomic E-state index is -0.872. The Morgan fingerprint density at radius 2 is 0.877 bits per heavy atom. The van der Waals surface area contributed by atoms with Crippen LogP contribution in [-0.2, 0) is 28.6 Å². The van der Waals surface area contributed by atoms with Crippen LogP contribution in [0.15, 0.2) is 12.2 Å². The minimum absolute atomic E-state index is 0.0473. The van der Waals surface area contributed by atoms with Crippen molar-refractivity contribution in [1.82, 2.24) is 0 Å². The van der Waals surface area contributed by atoms with Crippen molar-refractivity contribution in [2.24, 2.45) is 0 Å². The molecule has 2 unspecified atom stereocenters. The Bertz CT molecular complexity index is 947. The monoisotopic (exact) mass is 809 g/mol. The number of hydrogen-bond donors (Lipinski definition) is 1. The second-order valence-corrected chi connectivity index (χ2v) is 17.7. The fraction of sp³-hybridized carbons (Fsp3) is 0.898. The van der Waals surface area contributed by atoms with Gasteiger partial charge in [0.2, 0.25) is 0 Å². The average Bonchev–Trinajstić information content (AvgIpc) is 3.17. The molecule has 0 saturated carbocycles. The average molecular weight is 809 g/mol. The fourth-order valence-corrected chi connectivity index (χ4v) is 7.38. The third kappa shape index (κ3) is 39.3. The molecule has 0 radical (unpaired) electrons. The molecule has 0 spiro atoms. The van der Waals surface area contributed by atoms with Crippen molar-refractivity contribution < 1.29 is 38.2 Å². The highest BCUT2D eigenvalue weighted by Crippen LogP contribution is 2.16. The largest absolute Gasteiger partial charge is 0.477 e. The molecule has 8 nitrogen and oxygen atoms in total. The Kier molecular flexibility index (Phi) is 39.4. The molecule has 0 aromatic carbocycles. The van der Waals surface area contributed by atoms with Crippen LogP contribution >= 0.6 is 0 Å². The van der Waals surface area contributed by atoms with Crippen LogP contribution in [0.1, 0.15) is 232 Å². The second-order valence-electron chi connectivity index (χ2n) is 17.7. The van der Waals surface area contributed by atoms with Crippen molar-refractivity contribution >= 4 is 17.9 Å². The number of nitrogens with zero attached hydrogens (tertiary/aromatic N) is 1. The molecule has 0 aliphatic carbocycles. The van der Waals surface area contributed by atoms with Gasteiger partial charge in [-0.25, -0.2) is 4.79 Å². The van der Waals surface area contributed by atoms with Gasteiger partial charge in [0.15, 0.2) is 12.1 Å². The molecule has 0 heterocycles. The van der Waals surface area contributed by atoms with E-state index in [4.69, 9.17) is 14.2 Å². The van der Waals surface area contributed by atoms with E-state index in [0.717, 1.165) is 38.5 Å². The number of ether oxygens (including phenoxy) is 3. The summed E-state index contributed by atoms with van der Waals surface area (Å²) in [5.41, 5.74) is 0. The van der Waals surface area contributed by atoms with Gasteiger partial charge in [0.05, 0.1) is 34.4 Å². The lowest BCUT2D eigenvalue weighted by molar-refractivity contribution is -0.887. The second kappa shape index (κ2) is 40.8. The van der Waals surface area contributed by atoms with Crippen molar-refractivity contribution in [3.63, 3.8) is 0 Å². The van der Waals surface area contributed by atoms with Crippen LogP contribution in [0.4, 0.5) is 0 Å². The number of hydrogen-bond acceptors (Lipinski definition) is 6. The van der Waals surface area contributed by atoms with E-state index in [1.54, 1.807) is 0 Å². The van der Waals surface area contributed by atoms with Crippen LogP contribution in [0.25, 0.3) is 0 Å². The number of aliphatic carboxylic acids is 1. The molecule has 8 heteroatoms. The molecule has 0 aromatic heterocycles. The normalized spacial score (nSPS) is 12.9. The lowest BCUT2D eigenvalue weighted by atomic mass is 10.0. The molecule has 0 aliphatic heterocycles. The summed E-state index contributed by atoms with van der Waals surface area (Å²) < 4.78 is 17.3. The zero-order valence-corrected chi connectivity index (χ0v) is 38.3. The molecular weight excluding hydrogens is 715 g/mol. The molecule has 0 aromatic rings. The van der Waals surface area contributed by atoms with Gasteiger partial charge < -0.3 is 23.8 Å². The van der Waals surface area contributed by atoms with Gasteiger partial charge in [0.25, 0.3) is 0 Å². The first-order chi connectivity index (χ1) is 27.6. The van der Waals surface area contributed by atoms with E-state index in [1.807, 2.05) is 21.1 Å². The third-order valence-electron chi connectivity index (χ3n) is 11.2. The van der Waals surface area contributed by atoms with Crippen LogP contribution in [0, 0.1) is 0 Å². The number of rotatable bonds is 44. The summed E-state index contributed by atoms with van der Waals surface area (Å²) in [5.74, 6) is -1.46. The van der Waals surface area contributed by atoms with Gasteiger partial charge >= 0.3 is 17.9 Å². The van der Waals surface area contributed by atoms with Crippen LogP contribution < -0.4 is 0 Å². The quantitative estimate of drug-likeness (QED) is 0.0283. The first-order valence-electron chi connectivity index (χ1n) is 24.2.